The molecular formula is C30H27N5Na2O12S3. The average molecular weight is 792 g/mol. The summed E-state index contributed by atoms with van der Waals surface area (Å²) in [5.74, 6) is -1.31. The number of carbonyl (C=O) groups is 1. The molecule has 52 heavy (non-hydrogen) atoms. The molecule has 3 N–H and O–H groups in total. The molecule has 4 rings (SSSR count). The zero-order valence-corrected chi connectivity index (χ0v) is 35.0. The number of sulfone groups is 2. The predicted octanol–water partition coefficient (Wildman–Crippen LogP) is -2.05. The van der Waals surface area contributed by atoms with Gasteiger partial charge in [-0.15, -0.1) is 15.8 Å². The molecule has 0 aliphatic heterocycles. The third-order valence-corrected chi connectivity index (χ3v) is 10.5. The summed E-state index contributed by atoms with van der Waals surface area (Å²) in [6.45, 7) is 6.57. The summed E-state index contributed by atoms with van der Waals surface area (Å²) >= 11 is 0. The quantitative estimate of drug-likeness (QED) is 0.0472. The van der Waals surface area contributed by atoms with E-state index in [-0.39, 0.29) is 120 Å². The minimum atomic E-state index is -5.27. The summed E-state index contributed by atoms with van der Waals surface area (Å²) in [6, 6.07) is 5.47. The van der Waals surface area contributed by atoms with Crippen molar-refractivity contribution in [2.24, 2.45) is 15.3 Å². The Morgan fingerprint density at radius 2 is 1.29 bits per heavy atom. The molecule has 0 aromatic heterocycles. The molecular weight excluding hydrogens is 765 g/mol. The van der Waals surface area contributed by atoms with Crippen molar-refractivity contribution in [1.29, 1.82) is 0 Å². The molecule has 0 saturated carbocycles. The van der Waals surface area contributed by atoms with Gasteiger partial charge in [0.15, 0.2) is 0 Å². The molecule has 0 heterocycles. The predicted molar refractivity (Wildman–Crippen MR) is 180 cm³/mol. The second-order valence-corrected chi connectivity index (χ2v) is 14.8. The molecule has 0 saturated heterocycles. The van der Waals surface area contributed by atoms with Crippen LogP contribution in [0.2, 0.25) is 0 Å². The summed E-state index contributed by atoms with van der Waals surface area (Å²) in [5, 5.41) is 13.3. The van der Waals surface area contributed by atoms with Crippen LogP contribution in [0, 0.1) is 6.08 Å². The van der Waals surface area contributed by atoms with E-state index in [1.165, 1.54) is 34.5 Å². The van der Waals surface area contributed by atoms with E-state index in [1.807, 2.05) is 0 Å². The third kappa shape index (κ3) is 8.96. The number of anilines is 2. The van der Waals surface area contributed by atoms with Gasteiger partial charge in [-0.25, -0.2) is 25.3 Å². The van der Waals surface area contributed by atoms with Crippen molar-refractivity contribution in [3.8, 4) is 23.0 Å². The van der Waals surface area contributed by atoms with Gasteiger partial charge >= 0.3 is 59.1 Å². The van der Waals surface area contributed by atoms with Crippen molar-refractivity contribution in [3.05, 3.63) is 71.5 Å². The maximum absolute atomic E-state index is 13.6. The van der Waals surface area contributed by atoms with Gasteiger partial charge in [-0.2, -0.15) is 17.3 Å². The smallest absolute Gasteiger partial charge is 0.744 e. The SMILES string of the molecule is C=CS(=O)(=O)c1cc(OC)c(N=Nc2c(S(=O)(=O)[O-])cc3c(c2N)C(=O)/C(=N\Nc2cc(OC)c(S(=O)(=O)C=C)cc2OC)[C-]=C3)cc1OC.[Na+].[Na+]. The van der Waals surface area contributed by atoms with Gasteiger partial charge < -0.3 is 34.0 Å². The maximum atomic E-state index is 13.6. The van der Waals surface area contributed by atoms with Crippen LogP contribution in [0.5, 0.6) is 23.0 Å². The maximum Gasteiger partial charge on any atom is 1.00 e. The fourth-order valence-corrected chi connectivity index (χ4v) is 6.90. The summed E-state index contributed by atoms with van der Waals surface area (Å²) < 4.78 is 108. The molecule has 0 spiro atoms. The number of nitrogens with two attached hydrogens (primary N) is 1. The first-order chi connectivity index (χ1) is 23.5. The Morgan fingerprint density at radius 3 is 1.79 bits per heavy atom. The minimum Gasteiger partial charge on any atom is -0.744 e. The van der Waals surface area contributed by atoms with Gasteiger partial charge in [-0.05, 0) is 0 Å². The van der Waals surface area contributed by atoms with Crippen LogP contribution in [0.1, 0.15) is 15.9 Å². The first-order valence-electron chi connectivity index (χ1n) is 13.6. The molecule has 0 bridgehead atoms. The second kappa shape index (κ2) is 17.5. The van der Waals surface area contributed by atoms with Crippen molar-refractivity contribution in [1.82, 2.24) is 0 Å². The average Bonchev–Trinajstić information content (AvgIpc) is 3.09. The largest absolute Gasteiger partial charge is 1.00 e. The second-order valence-electron chi connectivity index (χ2n) is 9.75. The van der Waals surface area contributed by atoms with Crippen LogP contribution in [0.3, 0.4) is 0 Å². The molecule has 3 aromatic rings. The van der Waals surface area contributed by atoms with E-state index in [9.17, 15) is 34.6 Å². The Kier molecular flexibility index (Phi) is 15.0. The van der Waals surface area contributed by atoms with Gasteiger partial charge in [0.25, 0.3) is 0 Å². The fourth-order valence-electron chi connectivity index (χ4n) is 4.50. The van der Waals surface area contributed by atoms with Gasteiger partial charge in [-0.3, -0.25) is 5.43 Å². The number of nitrogen functional groups attached to an aromatic ring is 1. The molecule has 22 heteroatoms. The Labute approximate surface area is 343 Å². The number of allylic oxidation sites excluding steroid dienone is 1. The number of nitrogens with one attached hydrogen (secondary N) is 1. The zero-order chi connectivity index (χ0) is 37.2. The molecule has 0 fully saturated rings. The number of ketones is 1. The molecule has 0 unspecified atom stereocenters. The molecule has 17 nitrogen and oxygen atoms in total. The number of benzene rings is 3. The number of fused-ring (bicyclic) bond motifs is 1. The number of hydrazone groups is 1. The Balaban J connectivity index is 0.00000468. The van der Waals surface area contributed by atoms with Crippen LogP contribution in [0.15, 0.2) is 84.3 Å². The van der Waals surface area contributed by atoms with Crippen LogP contribution in [-0.4, -0.2) is 69.7 Å². The number of Topliss-reactive ketones (excluding diaryl/α,β-unsaturated/α-hetero) is 1. The van der Waals surface area contributed by atoms with Gasteiger partial charge in [0.05, 0.1) is 33.3 Å². The van der Waals surface area contributed by atoms with Crippen LogP contribution >= 0.6 is 0 Å². The zero-order valence-electron chi connectivity index (χ0n) is 28.6. The molecule has 1 aliphatic carbocycles. The van der Waals surface area contributed by atoms with Crippen LogP contribution < -0.4 is 89.2 Å². The number of carbonyl (C=O) groups excluding carboxylic acids is 1. The molecule has 0 amide bonds. The Bertz CT molecular complexity index is 2380. The van der Waals surface area contributed by atoms with E-state index in [0.717, 1.165) is 35.7 Å². The molecule has 0 radical (unpaired) electrons. The van der Waals surface area contributed by atoms with E-state index >= 15 is 0 Å². The number of ether oxygens (including phenoxy) is 4. The first-order valence-corrected chi connectivity index (χ1v) is 18.1. The van der Waals surface area contributed by atoms with E-state index < -0.39 is 51.8 Å². The van der Waals surface area contributed by atoms with Crippen molar-refractivity contribution >= 4 is 70.1 Å². The monoisotopic (exact) mass is 791 g/mol. The van der Waals surface area contributed by atoms with Gasteiger partial charge in [-0.1, -0.05) is 24.8 Å². The van der Waals surface area contributed by atoms with E-state index in [2.05, 4.69) is 40.0 Å². The fraction of sp³-hybridized carbons (Fsp3) is 0.133. The number of hydrogen-bond acceptors (Lipinski definition) is 17. The topological polar surface area (TPSA) is 255 Å². The molecule has 3 aromatic carbocycles. The number of azo groups is 1. The summed E-state index contributed by atoms with van der Waals surface area (Å²) in [4.78, 5) is 12.1. The van der Waals surface area contributed by atoms with Crippen molar-refractivity contribution in [2.45, 2.75) is 14.7 Å². The number of rotatable bonds is 13. The molecule has 1 aliphatic rings. The third-order valence-electron chi connectivity index (χ3n) is 6.96. The minimum absolute atomic E-state index is 0. The summed E-state index contributed by atoms with van der Waals surface area (Å²) in [6.07, 6.45) is 3.74. The summed E-state index contributed by atoms with van der Waals surface area (Å²) in [5.41, 5.74) is 6.70. The van der Waals surface area contributed by atoms with Gasteiger partial charge in [0, 0.05) is 46.5 Å². The normalized spacial score (nSPS) is 13.4. The van der Waals surface area contributed by atoms with Crippen molar-refractivity contribution in [2.75, 3.05) is 39.6 Å². The Hall–Kier alpha value is -3.57. The van der Waals surface area contributed by atoms with Crippen LogP contribution in [0.25, 0.3) is 6.08 Å². The molecule has 264 valence electrons. The Morgan fingerprint density at radius 1 is 0.769 bits per heavy atom. The van der Waals surface area contributed by atoms with E-state index in [1.54, 1.807) is 0 Å². The van der Waals surface area contributed by atoms with Gasteiger partial charge in [0.2, 0.25) is 19.7 Å². The van der Waals surface area contributed by atoms with Gasteiger partial charge in [0.1, 0.15) is 65.8 Å². The standard InChI is InChI=1S/C30H28N5O12S3.2Na/c1-7-48(37,38)24-14-20(44-3)18(12-22(24)46-5)33-32-17-10-9-16-11-26(50(41,42)43)29(28(31)27(16)30(17)36)35-34-19-13-23(47-6)25(15-21(19)45-4)49(39,40)8-2;;/h7-9,11-15,33H,1-2,31H2,3-6H3,(H,41,42,43);;/q-1;2*+1/p-1/b32-17-,35-34?;;. The van der Waals surface area contributed by atoms with Crippen LogP contribution in [0.4, 0.5) is 22.7 Å². The van der Waals surface area contributed by atoms with E-state index in [0.29, 0.717) is 5.41 Å². The molecule has 0 atom stereocenters. The van der Waals surface area contributed by atoms with Crippen LogP contribution in [-0.2, 0) is 29.8 Å². The number of methoxy groups -OCH3 is 4. The first kappa shape index (κ1) is 44.6. The van der Waals surface area contributed by atoms with Crippen molar-refractivity contribution in [3.63, 3.8) is 0 Å². The number of hydrogen-bond donors (Lipinski definition) is 2. The number of nitrogens with zero attached hydrogens (tertiary/aromatic N) is 3. The van der Waals surface area contributed by atoms with E-state index in [4.69, 9.17) is 24.7 Å². The van der Waals surface area contributed by atoms with Crippen molar-refractivity contribution < 1.29 is 113 Å². The summed E-state index contributed by atoms with van der Waals surface area (Å²) in [7, 11) is -8.33.